The van der Waals surface area contributed by atoms with Crippen LogP contribution in [0.25, 0.3) is 22.3 Å². The highest BCUT2D eigenvalue weighted by Gasteiger charge is 2.26. The topological polar surface area (TPSA) is 72.4 Å². The number of morpholine rings is 1. The molecule has 178 valence electrons. The summed E-state index contributed by atoms with van der Waals surface area (Å²) in [6.45, 7) is 6.82. The molecule has 2 fully saturated rings. The number of ether oxygens (including phenoxy) is 1. The second kappa shape index (κ2) is 10.0. The van der Waals surface area contributed by atoms with Crippen LogP contribution in [0.15, 0.2) is 42.7 Å². The number of hydrogen-bond acceptors (Lipinski definition) is 7. The fourth-order valence-electron chi connectivity index (χ4n) is 4.24. The van der Waals surface area contributed by atoms with Gasteiger partial charge in [0.2, 0.25) is 0 Å². The zero-order chi connectivity index (χ0) is 23.5. The summed E-state index contributed by atoms with van der Waals surface area (Å²) < 4.78 is 17.9. The van der Waals surface area contributed by atoms with Crippen molar-refractivity contribution in [3.8, 4) is 22.3 Å². The molecule has 0 bridgehead atoms. The lowest BCUT2D eigenvalue weighted by molar-refractivity contribution is -0.133. The fraction of sp³-hybridized carbons (Fsp3) is 0.423. The van der Waals surface area contributed by atoms with Crippen molar-refractivity contribution in [3.63, 3.8) is 0 Å². The second-order valence-electron chi connectivity index (χ2n) is 9.15. The Labute approximate surface area is 199 Å². The molecule has 2 aromatic heterocycles. The molecule has 1 aromatic carbocycles. The summed E-state index contributed by atoms with van der Waals surface area (Å²) in [6, 6.07) is 10.3. The first-order valence-corrected chi connectivity index (χ1v) is 11.9. The van der Waals surface area contributed by atoms with Gasteiger partial charge in [0, 0.05) is 37.0 Å². The molecule has 0 radical (unpaired) electrons. The minimum atomic E-state index is -0.222. The number of aryl methyl sites for hydroxylation is 1. The van der Waals surface area contributed by atoms with Crippen molar-refractivity contribution in [1.29, 1.82) is 0 Å². The first-order chi connectivity index (χ1) is 16.6. The molecule has 1 aliphatic carbocycles. The van der Waals surface area contributed by atoms with Gasteiger partial charge in [0.15, 0.2) is 0 Å². The largest absolute Gasteiger partial charge is 0.378 e. The smallest absolute Gasteiger partial charge is 0.131 e. The lowest BCUT2D eigenvalue weighted by Crippen LogP contribution is -2.37. The Balaban J connectivity index is 1.51. The van der Waals surface area contributed by atoms with E-state index in [1.807, 2.05) is 25.4 Å². The molecule has 1 atom stereocenters. The lowest BCUT2D eigenvalue weighted by atomic mass is 9.96. The number of halogens is 1. The zero-order valence-corrected chi connectivity index (χ0v) is 19.6. The highest BCUT2D eigenvalue weighted by atomic mass is 19.3. The van der Waals surface area contributed by atoms with Gasteiger partial charge in [-0.05, 0) is 71.7 Å². The summed E-state index contributed by atoms with van der Waals surface area (Å²) in [6.07, 6.45) is 6.22. The average molecular weight is 464 g/mol. The molecule has 1 N–H and O–H groups in total. The maximum Gasteiger partial charge on any atom is 0.131 e. The predicted molar refractivity (Wildman–Crippen MR) is 131 cm³/mol. The Morgan fingerprint density at radius 3 is 2.56 bits per heavy atom. The normalized spacial score (nSPS) is 17.0. The van der Waals surface area contributed by atoms with Crippen LogP contribution in [-0.4, -0.2) is 53.9 Å². The first-order valence-electron chi connectivity index (χ1n) is 11.9. The lowest BCUT2D eigenvalue weighted by Gasteiger charge is -2.29. The van der Waals surface area contributed by atoms with E-state index in [1.165, 1.54) is 12.8 Å². The predicted octanol–water partition coefficient (Wildman–Crippen LogP) is 4.93. The van der Waals surface area contributed by atoms with Gasteiger partial charge in [0.1, 0.15) is 24.1 Å². The van der Waals surface area contributed by atoms with Crippen molar-refractivity contribution in [2.24, 2.45) is 0 Å². The van der Waals surface area contributed by atoms with Crippen molar-refractivity contribution in [1.82, 2.24) is 15.0 Å². The molecule has 1 saturated carbocycles. The van der Waals surface area contributed by atoms with Crippen molar-refractivity contribution in [3.05, 3.63) is 54.1 Å². The Morgan fingerprint density at radius 2 is 1.85 bits per heavy atom. The quantitative estimate of drug-likeness (QED) is 0.508. The first kappa shape index (κ1) is 22.7. The Kier molecular flexibility index (Phi) is 6.69. The van der Waals surface area contributed by atoms with Crippen LogP contribution in [0.4, 0.5) is 16.2 Å². The van der Waals surface area contributed by atoms with E-state index >= 15 is 0 Å². The highest BCUT2D eigenvalue weighted by molar-refractivity contribution is 5.78. The number of hydrogen-bond donors (Lipinski definition) is 1. The van der Waals surface area contributed by atoms with E-state index < -0.39 is 0 Å². The minimum absolute atomic E-state index is 0.0514. The molecular formula is C26H30FN5O2. The standard InChI is InChI=1S/C26H30FN5O2/c1-17-3-4-20(22-14-28-26(29-15-22)19-5-6-19)11-23(17)21-12-24(30-18(2)16-34-27)31-25(13-21)32-7-9-33-10-8-32/h3-4,11-15,18-19H,5-10,16H2,1-2H3,(H,30,31). The van der Waals surface area contributed by atoms with E-state index in [1.54, 1.807) is 0 Å². The van der Waals surface area contributed by atoms with Crippen LogP contribution >= 0.6 is 0 Å². The van der Waals surface area contributed by atoms with Gasteiger partial charge in [-0.1, -0.05) is 12.1 Å². The van der Waals surface area contributed by atoms with Gasteiger partial charge in [-0.25, -0.2) is 15.0 Å². The summed E-state index contributed by atoms with van der Waals surface area (Å²) in [5, 5.41) is 3.27. The summed E-state index contributed by atoms with van der Waals surface area (Å²) in [5.74, 6) is 3.04. The summed E-state index contributed by atoms with van der Waals surface area (Å²) in [7, 11) is 0. The van der Waals surface area contributed by atoms with Crippen LogP contribution in [0.2, 0.25) is 0 Å². The number of nitrogens with one attached hydrogen (secondary N) is 1. The Bertz CT molecular complexity index is 1130. The van der Waals surface area contributed by atoms with Gasteiger partial charge < -0.3 is 15.0 Å². The molecular weight excluding hydrogens is 433 g/mol. The van der Waals surface area contributed by atoms with Gasteiger partial charge in [0.25, 0.3) is 0 Å². The van der Waals surface area contributed by atoms with E-state index in [9.17, 15) is 4.53 Å². The molecule has 1 aliphatic heterocycles. The Morgan fingerprint density at radius 1 is 1.09 bits per heavy atom. The molecule has 8 heteroatoms. The molecule has 3 heterocycles. The van der Waals surface area contributed by atoms with E-state index in [0.29, 0.717) is 24.9 Å². The monoisotopic (exact) mass is 463 g/mol. The molecule has 34 heavy (non-hydrogen) atoms. The average Bonchev–Trinajstić information content (AvgIpc) is 3.71. The minimum Gasteiger partial charge on any atom is -0.378 e. The third-order valence-corrected chi connectivity index (χ3v) is 6.35. The number of pyridine rings is 1. The van der Waals surface area contributed by atoms with Crippen LogP contribution in [0.3, 0.4) is 0 Å². The third-order valence-electron chi connectivity index (χ3n) is 6.35. The van der Waals surface area contributed by atoms with Gasteiger partial charge in [0.05, 0.1) is 19.3 Å². The maximum atomic E-state index is 12.4. The third kappa shape index (κ3) is 5.18. The van der Waals surface area contributed by atoms with E-state index in [-0.39, 0.29) is 12.6 Å². The molecule has 0 amide bonds. The SMILES string of the molecule is Cc1ccc(-c2cnc(C3CC3)nc2)cc1-c1cc(NC(C)COF)nc(N2CCOCC2)c1. The molecule has 3 aromatic rings. The zero-order valence-electron chi connectivity index (χ0n) is 19.6. The molecule has 7 nitrogen and oxygen atoms in total. The highest BCUT2D eigenvalue weighted by Crippen LogP contribution is 2.38. The van der Waals surface area contributed by atoms with E-state index in [0.717, 1.165) is 52.5 Å². The van der Waals surface area contributed by atoms with Gasteiger partial charge in [-0.2, -0.15) is 4.94 Å². The van der Waals surface area contributed by atoms with Gasteiger partial charge >= 0.3 is 0 Å². The molecule has 1 unspecified atom stereocenters. The van der Waals surface area contributed by atoms with E-state index in [2.05, 4.69) is 56.3 Å². The van der Waals surface area contributed by atoms with Crippen molar-refractivity contribution in [2.75, 3.05) is 43.1 Å². The van der Waals surface area contributed by atoms with Crippen LogP contribution < -0.4 is 10.2 Å². The van der Waals surface area contributed by atoms with Gasteiger partial charge in [-0.15, -0.1) is 0 Å². The molecule has 0 spiro atoms. The van der Waals surface area contributed by atoms with Crippen LogP contribution in [0, 0.1) is 6.92 Å². The molecule has 2 aliphatic rings. The maximum absolute atomic E-state index is 12.4. The van der Waals surface area contributed by atoms with Crippen LogP contribution in [0.1, 0.15) is 37.1 Å². The number of anilines is 2. The van der Waals surface area contributed by atoms with Crippen LogP contribution in [-0.2, 0) is 9.68 Å². The van der Waals surface area contributed by atoms with Crippen molar-refractivity contribution >= 4 is 11.6 Å². The summed E-state index contributed by atoms with van der Waals surface area (Å²) in [5.41, 5.74) is 5.38. The van der Waals surface area contributed by atoms with Crippen molar-refractivity contribution in [2.45, 2.75) is 38.6 Å². The molecule has 5 rings (SSSR count). The number of rotatable bonds is 8. The fourth-order valence-corrected chi connectivity index (χ4v) is 4.24. The second-order valence-corrected chi connectivity index (χ2v) is 9.15. The number of aromatic nitrogens is 3. The number of benzene rings is 1. The summed E-state index contributed by atoms with van der Waals surface area (Å²) >= 11 is 0. The Hall–Kier alpha value is -3.10. The van der Waals surface area contributed by atoms with Gasteiger partial charge in [-0.3, -0.25) is 0 Å². The number of nitrogens with zero attached hydrogens (tertiary/aromatic N) is 4. The molecule has 1 saturated heterocycles. The van der Waals surface area contributed by atoms with Crippen LogP contribution in [0.5, 0.6) is 0 Å². The van der Waals surface area contributed by atoms with E-state index in [4.69, 9.17) is 9.72 Å². The van der Waals surface area contributed by atoms with Crippen molar-refractivity contribution < 1.29 is 14.2 Å². The summed E-state index contributed by atoms with van der Waals surface area (Å²) in [4.78, 5) is 20.0.